The number of ether oxygens (including phenoxy) is 2. The highest BCUT2D eigenvalue weighted by Gasteiger charge is 2.16. The van der Waals surface area contributed by atoms with E-state index in [1.165, 1.54) is 0 Å². The van der Waals surface area contributed by atoms with Crippen LogP contribution >= 0.6 is 0 Å². The van der Waals surface area contributed by atoms with Gasteiger partial charge in [-0.05, 0) is 6.92 Å². The third-order valence-electron chi connectivity index (χ3n) is 1.39. The molecule has 9 heavy (non-hydrogen) atoms. The van der Waals surface area contributed by atoms with Gasteiger partial charge in [-0.1, -0.05) is 0 Å². The Labute approximate surface area is 55.3 Å². The highest BCUT2D eigenvalue weighted by atomic mass is 16.7. The lowest BCUT2D eigenvalue weighted by atomic mass is 10.3. The van der Waals surface area contributed by atoms with E-state index in [0.29, 0.717) is 0 Å². The molecule has 1 fully saturated rings. The fraction of sp³-hybridized carbons (Fsp3) is 1.00. The monoisotopic (exact) mass is 131 g/mol. The van der Waals surface area contributed by atoms with E-state index in [1.807, 2.05) is 6.92 Å². The molecule has 0 unspecified atom stereocenters. The van der Waals surface area contributed by atoms with Crippen molar-refractivity contribution in [1.29, 1.82) is 0 Å². The quantitative estimate of drug-likeness (QED) is 0.542. The average molecular weight is 131 g/mol. The second kappa shape index (κ2) is 3.15. The third kappa shape index (κ3) is 1.93. The maximum Gasteiger partial charge on any atom is 0.169 e. The summed E-state index contributed by atoms with van der Waals surface area (Å²) in [6.07, 6.45) is 0.234. The summed E-state index contributed by atoms with van der Waals surface area (Å²) in [5, 5.41) is 3.19. The van der Waals surface area contributed by atoms with Gasteiger partial charge in [-0.3, -0.25) is 0 Å². The van der Waals surface area contributed by atoms with Crippen LogP contribution in [0.5, 0.6) is 0 Å². The standard InChI is InChI=1S/C6H13NO2/c1-5-3-7-4-6(8-2)9-5/h5-7H,3-4H2,1-2H3/t5-,6+/m0/s1. The van der Waals surface area contributed by atoms with Gasteiger partial charge in [0.05, 0.1) is 6.10 Å². The molecule has 3 nitrogen and oxygen atoms in total. The maximum absolute atomic E-state index is 5.35. The lowest BCUT2D eigenvalue weighted by molar-refractivity contribution is -0.164. The van der Waals surface area contributed by atoms with Crippen LogP contribution in [0.25, 0.3) is 0 Å². The van der Waals surface area contributed by atoms with Gasteiger partial charge in [0.25, 0.3) is 0 Å². The molecule has 1 N–H and O–H groups in total. The second-order valence-electron chi connectivity index (χ2n) is 2.27. The van der Waals surface area contributed by atoms with Crippen LogP contribution in [0.15, 0.2) is 0 Å². The van der Waals surface area contributed by atoms with Gasteiger partial charge < -0.3 is 14.8 Å². The first-order valence-corrected chi connectivity index (χ1v) is 3.22. The Bertz CT molecular complexity index is 87.1. The zero-order valence-electron chi connectivity index (χ0n) is 5.89. The predicted octanol–water partition coefficient (Wildman–Crippen LogP) is -0.0328. The summed E-state index contributed by atoms with van der Waals surface area (Å²) in [4.78, 5) is 0. The number of rotatable bonds is 1. The molecule has 1 aliphatic heterocycles. The summed E-state index contributed by atoms with van der Waals surface area (Å²) in [7, 11) is 1.66. The van der Waals surface area contributed by atoms with E-state index in [-0.39, 0.29) is 12.4 Å². The zero-order chi connectivity index (χ0) is 6.69. The van der Waals surface area contributed by atoms with Crippen molar-refractivity contribution < 1.29 is 9.47 Å². The Morgan fingerprint density at radius 2 is 2.33 bits per heavy atom. The summed E-state index contributed by atoms with van der Waals surface area (Å²) in [6.45, 7) is 3.76. The predicted molar refractivity (Wildman–Crippen MR) is 34.2 cm³/mol. The number of hydrogen-bond acceptors (Lipinski definition) is 3. The Morgan fingerprint density at radius 3 is 2.78 bits per heavy atom. The Kier molecular flexibility index (Phi) is 2.45. The van der Waals surface area contributed by atoms with Crippen LogP contribution < -0.4 is 5.32 Å². The summed E-state index contributed by atoms with van der Waals surface area (Å²) >= 11 is 0. The number of nitrogens with one attached hydrogen (secondary N) is 1. The van der Waals surface area contributed by atoms with E-state index in [0.717, 1.165) is 13.1 Å². The van der Waals surface area contributed by atoms with Gasteiger partial charge in [0, 0.05) is 20.2 Å². The molecule has 0 aromatic carbocycles. The molecule has 0 saturated carbocycles. The lowest BCUT2D eigenvalue weighted by Gasteiger charge is -2.27. The van der Waals surface area contributed by atoms with Crippen LogP contribution in [0.2, 0.25) is 0 Å². The van der Waals surface area contributed by atoms with Crippen molar-refractivity contribution >= 4 is 0 Å². The highest BCUT2D eigenvalue weighted by Crippen LogP contribution is 2.02. The van der Waals surface area contributed by atoms with Gasteiger partial charge >= 0.3 is 0 Å². The topological polar surface area (TPSA) is 30.5 Å². The normalized spacial score (nSPS) is 36.7. The fourth-order valence-corrected chi connectivity index (χ4v) is 0.899. The Balaban J connectivity index is 2.23. The molecule has 0 radical (unpaired) electrons. The molecular formula is C6H13NO2. The summed E-state index contributed by atoms with van der Waals surface area (Å²) < 4.78 is 10.3. The molecule has 1 saturated heterocycles. The minimum Gasteiger partial charge on any atom is -0.355 e. The van der Waals surface area contributed by atoms with Gasteiger partial charge in [-0.25, -0.2) is 0 Å². The largest absolute Gasteiger partial charge is 0.355 e. The van der Waals surface area contributed by atoms with Crippen molar-refractivity contribution in [2.75, 3.05) is 20.2 Å². The fourth-order valence-electron chi connectivity index (χ4n) is 0.899. The van der Waals surface area contributed by atoms with Crippen molar-refractivity contribution in [3.63, 3.8) is 0 Å². The van der Waals surface area contributed by atoms with Crippen LogP contribution in [-0.4, -0.2) is 32.6 Å². The summed E-state index contributed by atoms with van der Waals surface area (Å²) in [5.41, 5.74) is 0. The van der Waals surface area contributed by atoms with Crippen molar-refractivity contribution in [3.05, 3.63) is 0 Å². The molecule has 3 heteroatoms. The number of hydrogen-bond donors (Lipinski definition) is 1. The lowest BCUT2D eigenvalue weighted by Crippen LogP contribution is -2.44. The number of morpholine rings is 1. The van der Waals surface area contributed by atoms with Crippen molar-refractivity contribution in [1.82, 2.24) is 5.32 Å². The average Bonchev–Trinajstić information content (AvgIpc) is 1.88. The van der Waals surface area contributed by atoms with Crippen LogP contribution in [0.3, 0.4) is 0 Å². The molecule has 54 valence electrons. The van der Waals surface area contributed by atoms with Gasteiger partial charge in [-0.15, -0.1) is 0 Å². The van der Waals surface area contributed by atoms with Crippen LogP contribution in [-0.2, 0) is 9.47 Å². The van der Waals surface area contributed by atoms with E-state index in [1.54, 1.807) is 7.11 Å². The van der Waals surface area contributed by atoms with E-state index < -0.39 is 0 Å². The van der Waals surface area contributed by atoms with E-state index >= 15 is 0 Å². The van der Waals surface area contributed by atoms with Gasteiger partial charge in [0.1, 0.15) is 0 Å². The third-order valence-corrected chi connectivity index (χ3v) is 1.39. The van der Waals surface area contributed by atoms with Crippen molar-refractivity contribution in [2.24, 2.45) is 0 Å². The molecule has 1 rings (SSSR count). The van der Waals surface area contributed by atoms with Gasteiger partial charge in [0.2, 0.25) is 0 Å². The van der Waals surface area contributed by atoms with Crippen LogP contribution in [0.4, 0.5) is 0 Å². The molecule has 0 aromatic rings. The molecule has 0 aromatic heterocycles. The molecular weight excluding hydrogens is 118 g/mol. The maximum atomic E-state index is 5.35. The minimum atomic E-state index is -0.0475. The SMILES string of the molecule is CO[C@H]1CNC[C@H](C)O1. The smallest absolute Gasteiger partial charge is 0.169 e. The van der Waals surface area contributed by atoms with Crippen LogP contribution in [0.1, 0.15) is 6.92 Å². The second-order valence-corrected chi connectivity index (χ2v) is 2.27. The summed E-state index contributed by atoms with van der Waals surface area (Å²) in [6, 6.07) is 0. The first-order valence-electron chi connectivity index (χ1n) is 3.22. The van der Waals surface area contributed by atoms with Crippen molar-refractivity contribution in [2.45, 2.75) is 19.3 Å². The molecule has 1 heterocycles. The molecule has 2 atom stereocenters. The Morgan fingerprint density at radius 1 is 1.56 bits per heavy atom. The summed E-state index contributed by atoms with van der Waals surface area (Å²) in [5.74, 6) is 0. The first-order chi connectivity index (χ1) is 4.33. The zero-order valence-corrected chi connectivity index (χ0v) is 5.89. The number of methoxy groups -OCH3 is 1. The molecule has 0 spiro atoms. The molecule has 0 bridgehead atoms. The van der Waals surface area contributed by atoms with E-state index in [9.17, 15) is 0 Å². The van der Waals surface area contributed by atoms with Gasteiger partial charge in [-0.2, -0.15) is 0 Å². The molecule has 1 aliphatic rings. The van der Waals surface area contributed by atoms with E-state index in [4.69, 9.17) is 9.47 Å². The Hall–Kier alpha value is -0.120. The molecule has 0 amide bonds. The first kappa shape index (κ1) is 6.99. The van der Waals surface area contributed by atoms with E-state index in [2.05, 4.69) is 5.32 Å². The van der Waals surface area contributed by atoms with Crippen LogP contribution in [0, 0.1) is 0 Å². The van der Waals surface area contributed by atoms with Gasteiger partial charge in [0.15, 0.2) is 6.29 Å². The van der Waals surface area contributed by atoms with Crippen molar-refractivity contribution in [3.8, 4) is 0 Å². The minimum absolute atomic E-state index is 0.0475. The highest BCUT2D eigenvalue weighted by molar-refractivity contribution is 4.64. The molecule has 0 aliphatic carbocycles.